The van der Waals surface area contributed by atoms with E-state index in [4.69, 9.17) is 0 Å². The molecule has 3 aliphatic rings. The summed E-state index contributed by atoms with van der Waals surface area (Å²) >= 11 is 0. The quantitative estimate of drug-likeness (QED) is 0.821. The zero-order valence-electron chi connectivity index (χ0n) is 12.8. The number of anilines is 1. The first-order valence-corrected chi connectivity index (χ1v) is 8.30. The molecule has 3 atom stereocenters. The van der Waals surface area contributed by atoms with Gasteiger partial charge in [0.1, 0.15) is 5.82 Å². The van der Waals surface area contributed by atoms with Gasteiger partial charge in [-0.1, -0.05) is 18.9 Å². The minimum atomic E-state index is -0.373. The highest BCUT2D eigenvalue weighted by Gasteiger charge is 2.41. The van der Waals surface area contributed by atoms with Crippen LogP contribution in [0.1, 0.15) is 43.7 Å². The number of hydrogen-bond acceptors (Lipinski definition) is 3. The van der Waals surface area contributed by atoms with E-state index in [2.05, 4.69) is 10.9 Å². The molecule has 0 radical (unpaired) electrons. The van der Waals surface area contributed by atoms with Crippen molar-refractivity contribution in [2.75, 3.05) is 11.4 Å². The maximum atomic E-state index is 14.1. The number of nitrogens with zero attached hydrogens (tertiary/aromatic N) is 1. The summed E-state index contributed by atoms with van der Waals surface area (Å²) in [6, 6.07) is 4.90. The molecular formula is C17H20FN3O2. The normalized spacial score (nSPS) is 30.5. The molecule has 5 nitrogen and oxygen atoms in total. The Hall–Kier alpha value is -1.95. The summed E-state index contributed by atoms with van der Waals surface area (Å²) in [6.45, 7) is 0.570. The van der Waals surface area contributed by atoms with Gasteiger partial charge in [0.25, 0.3) is 0 Å². The average Bonchev–Trinajstić information content (AvgIpc) is 2.56. The third-order valence-corrected chi connectivity index (χ3v) is 5.41. The predicted molar refractivity (Wildman–Crippen MR) is 82.8 cm³/mol. The van der Waals surface area contributed by atoms with Crippen LogP contribution in [-0.2, 0) is 9.59 Å². The molecule has 122 valence electrons. The number of carbonyl (C=O) groups is 2. The lowest BCUT2D eigenvalue weighted by atomic mass is 9.72. The smallest absolute Gasteiger partial charge is 0.237 e. The number of hydrazine groups is 1. The summed E-state index contributed by atoms with van der Waals surface area (Å²) in [5.41, 5.74) is 7.14. The zero-order chi connectivity index (χ0) is 16.0. The fourth-order valence-electron chi connectivity index (χ4n) is 4.06. The second-order valence-corrected chi connectivity index (χ2v) is 6.67. The minimum Gasteiger partial charge on any atom is -0.309 e. The predicted octanol–water partition coefficient (Wildman–Crippen LogP) is 2.04. The molecule has 1 aromatic rings. The van der Waals surface area contributed by atoms with Gasteiger partial charge in [0.05, 0.1) is 11.7 Å². The molecule has 1 aromatic carbocycles. The van der Waals surface area contributed by atoms with E-state index in [1.54, 1.807) is 12.1 Å². The van der Waals surface area contributed by atoms with Crippen molar-refractivity contribution in [1.82, 2.24) is 10.9 Å². The van der Waals surface area contributed by atoms with Crippen molar-refractivity contribution in [3.63, 3.8) is 0 Å². The monoisotopic (exact) mass is 317 g/mol. The topological polar surface area (TPSA) is 61.4 Å². The standard InChI is InChI=1S/C17H20FN3O2/c18-13-6-5-10(9-14(13)21-8-7-15(21)22)16-11-3-1-2-4-12(11)17(23)20-19-16/h5-6,9,11-12,16,19H,1-4,7-8H2,(H,20,23). The summed E-state index contributed by atoms with van der Waals surface area (Å²) in [6.07, 6.45) is 4.58. The molecule has 2 aliphatic heterocycles. The van der Waals surface area contributed by atoms with Crippen LogP contribution in [0.25, 0.3) is 0 Å². The SMILES string of the molecule is O=C1NNC(c2ccc(F)c(N3CCC3=O)c2)C2CCCCC12. The number of hydrogen-bond donors (Lipinski definition) is 2. The second kappa shape index (κ2) is 5.60. The van der Waals surface area contributed by atoms with E-state index in [0.29, 0.717) is 18.7 Å². The number of rotatable bonds is 2. The third kappa shape index (κ3) is 2.41. The van der Waals surface area contributed by atoms with Crippen LogP contribution in [0.2, 0.25) is 0 Å². The Bertz CT molecular complexity index is 663. The maximum absolute atomic E-state index is 14.1. The molecule has 1 aliphatic carbocycles. The molecule has 3 fully saturated rings. The lowest BCUT2D eigenvalue weighted by Gasteiger charge is -2.41. The average molecular weight is 317 g/mol. The van der Waals surface area contributed by atoms with E-state index >= 15 is 0 Å². The Morgan fingerprint density at radius 2 is 2.00 bits per heavy atom. The van der Waals surface area contributed by atoms with Crippen LogP contribution >= 0.6 is 0 Å². The van der Waals surface area contributed by atoms with E-state index in [9.17, 15) is 14.0 Å². The van der Waals surface area contributed by atoms with Gasteiger partial charge in [-0.3, -0.25) is 15.0 Å². The van der Waals surface area contributed by atoms with Gasteiger partial charge in [-0.05, 0) is 36.5 Å². The zero-order valence-corrected chi connectivity index (χ0v) is 12.8. The van der Waals surface area contributed by atoms with Crippen molar-refractivity contribution in [2.45, 2.75) is 38.1 Å². The van der Waals surface area contributed by atoms with Crippen molar-refractivity contribution in [1.29, 1.82) is 0 Å². The van der Waals surface area contributed by atoms with Crippen molar-refractivity contribution >= 4 is 17.5 Å². The second-order valence-electron chi connectivity index (χ2n) is 6.67. The van der Waals surface area contributed by atoms with Gasteiger partial charge in [0.15, 0.2) is 0 Å². The van der Waals surface area contributed by atoms with E-state index in [1.165, 1.54) is 11.0 Å². The highest BCUT2D eigenvalue weighted by Crippen LogP contribution is 2.41. The molecular weight excluding hydrogens is 297 g/mol. The fraction of sp³-hybridized carbons (Fsp3) is 0.529. The lowest BCUT2D eigenvalue weighted by molar-refractivity contribution is -0.133. The summed E-state index contributed by atoms with van der Waals surface area (Å²) in [7, 11) is 0. The van der Waals surface area contributed by atoms with E-state index < -0.39 is 0 Å². The maximum Gasteiger partial charge on any atom is 0.237 e. The number of amides is 2. The summed E-state index contributed by atoms with van der Waals surface area (Å²) in [4.78, 5) is 25.2. The Labute approximate surface area is 134 Å². The van der Waals surface area contributed by atoms with Gasteiger partial charge in [0.2, 0.25) is 11.8 Å². The lowest BCUT2D eigenvalue weighted by Crippen LogP contribution is -2.55. The van der Waals surface area contributed by atoms with Crippen molar-refractivity contribution in [2.24, 2.45) is 11.8 Å². The van der Waals surface area contributed by atoms with Crippen molar-refractivity contribution in [3.05, 3.63) is 29.6 Å². The molecule has 0 aromatic heterocycles. The van der Waals surface area contributed by atoms with Gasteiger partial charge < -0.3 is 4.90 Å². The molecule has 2 heterocycles. The number of nitrogens with one attached hydrogen (secondary N) is 2. The summed E-state index contributed by atoms with van der Waals surface area (Å²) < 4.78 is 14.1. The van der Waals surface area contributed by atoms with Gasteiger partial charge in [0, 0.05) is 18.9 Å². The molecule has 0 bridgehead atoms. The fourth-order valence-corrected chi connectivity index (χ4v) is 4.06. The minimum absolute atomic E-state index is 0.0224. The number of β-lactam (4-membered cyclic amide) rings is 1. The van der Waals surface area contributed by atoms with Crippen LogP contribution in [0, 0.1) is 17.7 Å². The first kappa shape index (κ1) is 14.6. The molecule has 2 saturated heterocycles. The third-order valence-electron chi connectivity index (χ3n) is 5.41. The number of halogens is 1. The van der Waals surface area contributed by atoms with Crippen LogP contribution in [0.3, 0.4) is 0 Å². The van der Waals surface area contributed by atoms with Crippen molar-refractivity contribution in [3.8, 4) is 0 Å². The van der Waals surface area contributed by atoms with Gasteiger partial charge >= 0.3 is 0 Å². The van der Waals surface area contributed by atoms with E-state index in [1.807, 2.05) is 0 Å². The van der Waals surface area contributed by atoms with Crippen LogP contribution in [0.5, 0.6) is 0 Å². The highest BCUT2D eigenvalue weighted by molar-refractivity contribution is 5.99. The van der Waals surface area contributed by atoms with Gasteiger partial charge in [-0.15, -0.1) is 0 Å². The number of benzene rings is 1. The molecule has 2 N–H and O–H groups in total. The molecule has 4 rings (SSSR count). The van der Waals surface area contributed by atoms with Crippen LogP contribution in [0.15, 0.2) is 18.2 Å². The van der Waals surface area contributed by atoms with Gasteiger partial charge in [-0.25, -0.2) is 9.82 Å². The molecule has 3 unspecified atom stereocenters. The van der Waals surface area contributed by atoms with Crippen LogP contribution in [-0.4, -0.2) is 18.4 Å². The molecule has 23 heavy (non-hydrogen) atoms. The first-order chi connectivity index (χ1) is 11.1. The molecule has 1 saturated carbocycles. The summed E-state index contributed by atoms with van der Waals surface area (Å²) in [5, 5.41) is 0. The van der Waals surface area contributed by atoms with Gasteiger partial charge in [-0.2, -0.15) is 0 Å². The van der Waals surface area contributed by atoms with E-state index in [0.717, 1.165) is 31.2 Å². The molecule has 2 amide bonds. The molecule has 0 spiro atoms. The Morgan fingerprint density at radius 3 is 2.74 bits per heavy atom. The first-order valence-electron chi connectivity index (χ1n) is 8.30. The van der Waals surface area contributed by atoms with Crippen LogP contribution in [0.4, 0.5) is 10.1 Å². The Morgan fingerprint density at radius 1 is 1.17 bits per heavy atom. The highest BCUT2D eigenvalue weighted by atomic mass is 19.1. The van der Waals surface area contributed by atoms with E-state index in [-0.39, 0.29) is 35.5 Å². The number of fused-ring (bicyclic) bond motifs is 1. The Kier molecular flexibility index (Phi) is 3.56. The Balaban J connectivity index is 1.65. The largest absolute Gasteiger partial charge is 0.309 e. The summed E-state index contributed by atoms with van der Waals surface area (Å²) in [5.74, 6) is -0.105. The van der Waals surface area contributed by atoms with Crippen LogP contribution < -0.4 is 15.8 Å². The molecule has 6 heteroatoms. The number of carbonyl (C=O) groups excluding carboxylic acids is 2. The van der Waals surface area contributed by atoms with Crippen molar-refractivity contribution < 1.29 is 14.0 Å².